The van der Waals surface area contributed by atoms with E-state index >= 15 is 0 Å². The molecule has 0 radical (unpaired) electrons. The van der Waals surface area contributed by atoms with E-state index in [2.05, 4.69) is 5.32 Å². The van der Waals surface area contributed by atoms with Gasteiger partial charge >= 0.3 is 6.18 Å². The van der Waals surface area contributed by atoms with E-state index in [1.807, 2.05) is 6.92 Å². The van der Waals surface area contributed by atoms with Crippen molar-refractivity contribution in [3.63, 3.8) is 0 Å². The molecule has 26 heavy (non-hydrogen) atoms. The first-order valence-electron chi connectivity index (χ1n) is 7.75. The molecule has 1 aromatic rings. The Morgan fingerprint density at radius 1 is 1.42 bits per heavy atom. The third-order valence-corrected chi connectivity index (χ3v) is 7.04. The molecule has 0 aliphatic carbocycles. The van der Waals surface area contributed by atoms with Gasteiger partial charge in [0, 0.05) is 11.8 Å². The standard InChI is InChI=1S/C15H18F4N2O3S2/c1-3-9(2)20-14(22)12-7-25-8-21(12)26(23,24)13-6-10(15(17,18)19)4-5-11(13)16/h4-6,9,12H,3,7-8H2,1-2H3,(H,20,22). The minimum Gasteiger partial charge on any atom is -0.352 e. The fourth-order valence-corrected chi connectivity index (χ4v) is 5.56. The Morgan fingerprint density at radius 2 is 2.08 bits per heavy atom. The average molecular weight is 414 g/mol. The molecule has 1 aromatic carbocycles. The van der Waals surface area contributed by atoms with Gasteiger partial charge in [-0.3, -0.25) is 4.79 Å². The van der Waals surface area contributed by atoms with Gasteiger partial charge < -0.3 is 5.32 Å². The summed E-state index contributed by atoms with van der Waals surface area (Å²) >= 11 is 1.13. The van der Waals surface area contributed by atoms with Crippen LogP contribution in [0.3, 0.4) is 0 Å². The van der Waals surface area contributed by atoms with Crippen molar-refractivity contribution in [1.29, 1.82) is 0 Å². The van der Waals surface area contributed by atoms with Gasteiger partial charge in [0.25, 0.3) is 0 Å². The van der Waals surface area contributed by atoms with E-state index in [1.54, 1.807) is 6.92 Å². The van der Waals surface area contributed by atoms with E-state index in [0.29, 0.717) is 18.6 Å². The third kappa shape index (κ3) is 4.32. The van der Waals surface area contributed by atoms with Crippen LogP contribution < -0.4 is 5.32 Å². The Kier molecular flexibility index (Phi) is 6.24. The average Bonchev–Trinajstić information content (AvgIpc) is 3.04. The fourth-order valence-electron chi connectivity index (χ4n) is 2.32. The van der Waals surface area contributed by atoms with Crippen molar-refractivity contribution in [2.45, 2.75) is 43.4 Å². The SMILES string of the molecule is CCC(C)NC(=O)C1CSCN1S(=O)(=O)c1cc(C(F)(F)F)ccc1F. The number of benzene rings is 1. The number of hydrogen-bond acceptors (Lipinski definition) is 4. The van der Waals surface area contributed by atoms with E-state index in [4.69, 9.17) is 0 Å². The van der Waals surface area contributed by atoms with Gasteiger partial charge in [0.15, 0.2) is 0 Å². The molecule has 2 rings (SSSR count). The lowest BCUT2D eigenvalue weighted by atomic mass is 10.2. The minimum atomic E-state index is -4.81. The smallest absolute Gasteiger partial charge is 0.352 e. The Labute approximate surface area is 153 Å². The van der Waals surface area contributed by atoms with Gasteiger partial charge in [-0.15, -0.1) is 11.8 Å². The molecule has 1 aliphatic rings. The summed E-state index contributed by atoms with van der Waals surface area (Å²) in [6.45, 7) is 3.58. The summed E-state index contributed by atoms with van der Waals surface area (Å²) in [6, 6.07) is -0.0964. The number of halogens is 4. The first-order chi connectivity index (χ1) is 12.0. The molecule has 1 aliphatic heterocycles. The van der Waals surface area contributed by atoms with Crippen LogP contribution >= 0.6 is 11.8 Å². The number of nitrogens with zero attached hydrogens (tertiary/aromatic N) is 1. The van der Waals surface area contributed by atoms with Gasteiger partial charge in [-0.25, -0.2) is 12.8 Å². The lowest BCUT2D eigenvalue weighted by molar-refractivity contribution is -0.137. The van der Waals surface area contributed by atoms with Crippen molar-refractivity contribution in [2.24, 2.45) is 0 Å². The van der Waals surface area contributed by atoms with E-state index in [-0.39, 0.29) is 23.7 Å². The number of nitrogens with one attached hydrogen (secondary N) is 1. The molecule has 1 heterocycles. The molecule has 2 unspecified atom stereocenters. The summed E-state index contributed by atoms with van der Waals surface area (Å²) < 4.78 is 78.8. The van der Waals surface area contributed by atoms with Gasteiger partial charge in [0.2, 0.25) is 15.9 Å². The fraction of sp³-hybridized carbons (Fsp3) is 0.533. The molecule has 1 amide bonds. The maximum absolute atomic E-state index is 14.0. The topological polar surface area (TPSA) is 66.5 Å². The lowest BCUT2D eigenvalue weighted by Crippen LogP contribution is -2.49. The van der Waals surface area contributed by atoms with Crippen molar-refractivity contribution in [1.82, 2.24) is 9.62 Å². The highest BCUT2D eigenvalue weighted by Gasteiger charge is 2.42. The Bertz CT molecular complexity index is 784. The van der Waals surface area contributed by atoms with Crippen LogP contribution in [0.25, 0.3) is 0 Å². The highest BCUT2D eigenvalue weighted by atomic mass is 32.2. The van der Waals surface area contributed by atoms with Gasteiger partial charge in [-0.05, 0) is 31.5 Å². The van der Waals surface area contributed by atoms with Crippen molar-refractivity contribution >= 4 is 27.7 Å². The Hall–Kier alpha value is -1.33. The quantitative estimate of drug-likeness (QED) is 0.753. The van der Waals surface area contributed by atoms with Gasteiger partial charge in [0.05, 0.1) is 11.4 Å². The van der Waals surface area contributed by atoms with Crippen LogP contribution in [-0.4, -0.2) is 42.3 Å². The summed E-state index contributed by atoms with van der Waals surface area (Å²) in [7, 11) is -4.61. The minimum absolute atomic E-state index is 0.141. The normalized spacial score (nSPS) is 20.2. The van der Waals surface area contributed by atoms with E-state index in [9.17, 15) is 30.8 Å². The second kappa shape index (κ2) is 7.73. The van der Waals surface area contributed by atoms with Crippen molar-refractivity contribution < 1.29 is 30.8 Å². The van der Waals surface area contributed by atoms with Crippen molar-refractivity contribution in [3.05, 3.63) is 29.6 Å². The highest BCUT2D eigenvalue weighted by Crippen LogP contribution is 2.34. The Balaban J connectivity index is 2.39. The third-order valence-electron chi connectivity index (χ3n) is 3.99. The second-order valence-corrected chi connectivity index (χ2v) is 8.73. The molecule has 11 heteroatoms. The molecule has 1 fully saturated rings. The number of amides is 1. The predicted molar refractivity (Wildman–Crippen MR) is 89.4 cm³/mol. The molecule has 0 saturated carbocycles. The van der Waals surface area contributed by atoms with E-state index in [0.717, 1.165) is 16.1 Å². The summed E-state index contributed by atoms with van der Waals surface area (Å²) in [5.41, 5.74) is -1.27. The predicted octanol–water partition coefficient (Wildman–Crippen LogP) is 2.82. The first kappa shape index (κ1) is 21.0. The summed E-state index contributed by atoms with van der Waals surface area (Å²) in [6.07, 6.45) is -4.19. The number of thioether (sulfide) groups is 1. The Morgan fingerprint density at radius 3 is 2.65 bits per heavy atom. The summed E-state index contributed by atoms with van der Waals surface area (Å²) in [4.78, 5) is 11.2. The summed E-state index contributed by atoms with van der Waals surface area (Å²) in [5, 5.41) is 2.64. The maximum Gasteiger partial charge on any atom is 0.416 e. The molecule has 146 valence electrons. The molecule has 2 atom stereocenters. The lowest BCUT2D eigenvalue weighted by Gasteiger charge is -2.24. The first-order valence-corrected chi connectivity index (χ1v) is 10.3. The molecular weight excluding hydrogens is 396 g/mol. The number of rotatable bonds is 5. The van der Waals surface area contributed by atoms with Gasteiger partial charge in [0.1, 0.15) is 16.8 Å². The number of hydrogen-bond donors (Lipinski definition) is 1. The second-order valence-electron chi connectivity index (χ2n) is 5.87. The molecule has 5 nitrogen and oxygen atoms in total. The van der Waals surface area contributed by atoms with Crippen LogP contribution in [0.1, 0.15) is 25.8 Å². The molecule has 0 aromatic heterocycles. The van der Waals surface area contributed by atoms with Gasteiger partial charge in [-0.2, -0.15) is 17.5 Å². The van der Waals surface area contributed by atoms with Crippen LogP contribution in [0, 0.1) is 5.82 Å². The maximum atomic E-state index is 14.0. The number of sulfonamides is 1. The molecule has 1 saturated heterocycles. The zero-order chi connectivity index (χ0) is 19.7. The van der Waals surface area contributed by atoms with Gasteiger partial charge in [-0.1, -0.05) is 6.92 Å². The van der Waals surface area contributed by atoms with E-state index < -0.39 is 44.4 Å². The largest absolute Gasteiger partial charge is 0.416 e. The number of alkyl halides is 3. The van der Waals surface area contributed by atoms with Crippen LogP contribution in [0.15, 0.2) is 23.1 Å². The number of carbonyl (C=O) groups is 1. The van der Waals surface area contributed by atoms with E-state index in [1.165, 1.54) is 0 Å². The summed E-state index contributed by atoms with van der Waals surface area (Å²) in [5.74, 6) is -1.85. The molecule has 1 N–H and O–H groups in total. The monoisotopic (exact) mass is 414 g/mol. The van der Waals surface area contributed by atoms with Crippen molar-refractivity contribution in [2.75, 3.05) is 11.6 Å². The zero-order valence-corrected chi connectivity index (χ0v) is 15.6. The van der Waals surface area contributed by atoms with Crippen LogP contribution in [0.2, 0.25) is 0 Å². The van der Waals surface area contributed by atoms with Crippen LogP contribution in [0.5, 0.6) is 0 Å². The molecule has 0 spiro atoms. The van der Waals surface area contributed by atoms with Crippen LogP contribution in [-0.2, 0) is 21.0 Å². The zero-order valence-electron chi connectivity index (χ0n) is 14.0. The van der Waals surface area contributed by atoms with Crippen LogP contribution in [0.4, 0.5) is 17.6 Å². The number of carbonyl (C=O) groups excluding carboxylic acids is 1. The highest BCUT2D eigenvalue weighted by molar-refractivity contribution is 8.00. The molecular formula is C15H18F4N2O3S2. The molecule has 0 bridgehead atoms. The van der Waals surface area contributed by atoms with Crippen molar-refractivity contribution in [3.8, 4) is 0 Å².